The number of rotatable bonds is 7. The third-order valence-electron chi connectivity index (χ3n) is 3.32. The topological polar surface area (TPSA) is 90.8 Å². The smallest absolute Gasteiger partial charge is 0.240 e. The Hall–Kier alpha value is -2.19. The van der Waals surface area contributed by atoms with Crippen LogP contribution in [0, 0.1) is 0 Å². The molecule has 0 unspecified atom stereocenters. The Morgan fingerprint density at radius 2 is 1.65 bits per heavy atom. The largest absolute Gasteiger partial charge is 0.507 e. The first kappa shape index (κ1) is 20.1. The molecule has 0 aromatic heterocycles. The summed E-state index contributed by atoms with van der Waals surface area (Å²) in [5.41, 5.74) is 3.56. The van der Waals surface area contributed by atoms with E-state index in [0.29, 0.717) is 17.7 Å². The van der Waals surface area contributed by atoms with Crippen molar-refractivity contribution in [3.05, 3.63) is 57.0 Å². The van der Waals surface area contributed by atoms with Crippen LogP contribution in [0.25, 0.3) is 0 Å². The van der Waals surface area contributed by atoms with Crippen LogP contribution in [-0.4, -0.2) is 23.1 Å². The molecule has 0 heterocycles. The van der Waals surface area contributed by atoms with Crippen LogP contribution in [-0.2, 0) is 9.59 Å². The quantitative estimate of drug-likeness (QED) is 0.408. The summed E-state index contributed by atoms with van der Waals surface area (Å²) in [4.78, 5) is 23.6. The molecule has 136 valence electrons. The normalized spacial score (nSPS) is 10.7. The Kier molecular flexibility index (Phi) is 7.80. The molecule has 0 atom stereocenters. The number of anilines is 1. The maximum absolute atomic E-state index is 11.8. The van der Waals surface area contributed by atoms with Gasteiger partial charge in [-0.15, -0.1) is 0 Å². The van der Waals surface area contributed by atoms with Crippen LogP contribution in [0.2, 0.25) is 0 Å². The van der Waals surface area contributed by atoms with E-state index >= 15 is 0 Å². The molecule has 0 aliphatic rings. The highest BCUT2D eigenvalue weighted by Crippen LogP contribution is 2.20. The number of benzene rings is 2. The lowest BCUT2D eigenvalue weighted by Gasteiger charge is -2.05. The van der Waals surface area contributed by atoms with Crippen LogP contribution in [0.5, 0.6) is 5.75 Å². The Balaban J connectivity index is 1.70. The SMILES string of the molecule is O=C(CCCC(=O)Nc1ccc(Br)cc1)N/N=C/c1cc(Br)ccc1O. The molecular weight excluding hydrogens is 466 g/mol. The first-order chi connectivity index (χ1) is 12.4. The molecule has 2 aromatic rings. The number of phenols is 1. The van der Waals surface area contributed by atoms with E-state index in [2.05, 4.69) is 47.7 Å². The Bertz CT molecular complexity index is 808. The number of nitrogens with zero attached hydrogens (tertiary/aromatic N) is 1. The number of carbonyl (C=O) groups excluding carboxylic acids is 2. The molecule has 0 aliphatic heterocycles. The zero-order valence-corrected chi connectivity index (χ0v) is 16.9. The van der Waals surface area contributed by atoms with Gasteiger partial charge in [-0.2, -0.15) is 5.10 Å². The molecule has 0 aliphatic carbocycles. The maximum atomic E-state index is 11.8. The third-order valence-corrected chi connectivity index (χ3v) is 4.34. The van der Waals surface area contributed by atoms with Gasteiger partial charge < -0.3 is 10.4 Å². The van der Waals surface area contributed by atoms with Gasteiger partial charge in [-0.25, -0.2) is 5.43 Å². The summed E-state index contributed by atoms with van der Waals surface area (Å²) in [7, 11) is 0. The average molecular weight is 483 g/mol. The second-order valence-electron chi connectivity index (χ2n) is 5.40. The van der Waals surface area contributed by atoms with E-state index in [1.807, 2.05) is 12.1 Å². The van der Waals surface area contributed by atoms with Gasteiger partial charge in [-0.05, 0) is 48.9 Å². The first-order valence-corrected chi connectivity index (χ1v) is 9.38. The minimum Gasteiger partial charge on any atom is -0.507 e. The number of hydrogen-bond acceptors (Lipinski definition) is 4. The third kappa shape index (κ3) is 6.97. The van der Waals surface area contributed by atoms with Crippen LogP contribution in [0.4, 0.5) is 5.69 Å². The van der Waals surface area contributed by atoms with E-state index in [1.165, 1.54) is 12.3 Å². The van der Waals surface area contributed by atoms with Gasteiger partial charge in [0.1, 0.15) is 5.75 Å². The lowest BCUT2D eigenvalue weighted by Crippen LogP contribution is -2.18. The fourth-order valence-corrected chi connectivity index (χ4v) is 2.67. The lowest BCUT2D eigenvalue weighted by atomic mass is 10.2. The highest BCUT2D eigenvalue weighted by Gasteiger charge is 2.05. The number of carbonyl (C=O) groups is 2. The van der Waals surface area contributed by atoms with Crippen LogP contribution in [0.3, 0.4) is 0 Å². The number of nitrogens with one attached hydrogen (secondary N) is 2. The van der Waals surface area contributed by atoms with Crippen molar-refractivity contribution in [2.24, 2.45) is 5.10 Å². The Labute approximate surface area is 167 Å². The summed E-state index contributed by atoms with van der Waals surface area (Å²) < 4.78 is 1.73. The monoisotopic (exact) mass is 481 g/mol. The predicted molar refractivity (Wildman–Crippen MR) is 108 cm³/mol. The first-order valence-electron chi connectivity index (χ1n) is 7.80. The average Bonchev–Trinajstić information content (AvgIpc) is 2.60. The maximum Gasteiger partial charge on any atom is 0.240 e. The van der Waals surface area contributed by atoms with Crippen LogP contribution < -0.4 is 10.7 Å². The molecular formula is C18H17Br2N3O3. The second-order valence-corrected chi connectivity index (χ2v) is 7.24. The van der Waals surface area contributed by atoms with E-state index in [9.17, 15) is 14.7 Å². The van der Waals surface area contributed by atoms with E-state index in [1.54, 1.807) is 24.3 Å². The standard InChI is InChI=1S/C18H17Br2N3O3/c19-13-4-7-15(8-5-13)22-17(25)2-1-3-18(26)23-21-11-12-10-14(20)6-9-16(12)24/h4-11,24H,1-3H2,(H,22,25)(H,23,26)/b21-11+. The van der Waals surface area contributed by atoms with Crippen molar-refractivity contribution in [2.45, 2.75) is 19.3 Å². The molecule has 2 aromatic carbocycles. The number of phenolic OH excluding ortho intramolecular Hbond substituents is 1. The van der Waals surface area contributed by atoms with Gasteiger partial charge in [0.25, 0.3) is 0 Å². The number of aromatic hydroxyl groups is 1. The molecule has 0 bridgehead atoms. The zero-order chi connectivity index (χ0) is 18.9. The minimum atomic E-state index is -0.299. The number of amides is 2. The molecule has 0 saturated carbocycles. The lowest BCUT2D eigenvalue weighted by molar-refractivity contribution is -0.121. The number of hydrogen-bond donors (Lipinski definition) is 3. The van der Waals surface area contributed by atoms with Crippen molar-refractivity contribution in [2.75, 3.05) is 5.32 Å². The second kappa shape index (κ2) is 10.1. The summed E-state index contributed by atoms with van der Waals surface area (Å²) in [5, 5.41) is 16.2. The molecule has 0 fully saturated rings. The van der Waals surface area contributed by atoms with Crippen LogP contribution in [0.1, 0.15) is 24.8 Å². The summed E-state index contributed by atoms with van der Waals surface area (Å²) in [6.07, 6.45) is 2.18. The fraction of sp³-hybridized carbons (Fsp3) is 0.167. The molecule has 8 heteroatoms. The van der Waals surface area contributed by atoms with E-state index in [0.717, 1.165) is 8.95 Å². The van der Waals surface area contributed by atoms with Crippen LogP contribution >= 0.6 is 31.9 Å². The van der Waals surface area contributed by atoms with E-state index < -0.39 is 0 Å². The van der Waals surface area contributed by atoms with Gasteiger partial charge in [0, 0.05) is 33.0 Å². The Morgan fingerprint density at radius 1 is 1.00 bits per heavy atom. The van der Waals surface area contributed by atoms with Gasteiger partial charge in [0.15, 0.2) is 0 Å². The molecule has 2 rings (SSSR count). The van der Waals surface area contributed by atoms with Crippen molar-refractivity contribution in [1.82, 2.24) is 5.43 Å². The van der Waals surface area contributed by atoms with Gasteiger partial charge >= 0.3 is 0 Å². The van der Waals surface area contributed by atoms with Crippen molar-refractivity contribution < 1.29 is 14.7 Å². The van der Waals surface area contributed by atoms with Gasteiger partial charge in [0.2, 0.25) is 11.8 Å². The molecule has 2 amide bonds. The highest BCUT2D eigenvalue weighted by atomic mass is 79.9. The minimum absolute atomic E-state index is 0.0656. The summed E-state index contributed by atoms with van der Waals surface area (Å²) in [6, 6.07) is 12.2. The van der Waals surface area contributed by atoms with Gasteiger partial charge in [-0.1, -0.05) is 31.9 Å². The molecule has 26 heavy (non-hydrogen) atoms. The fourth-order valence-electron chi connectivity index (χ4n) is 2.02. The highest BCUT2D eigenvalue weighted by molar-refractivity contribution is 9.10. The Morgan fingerprint density at radius 3 is 2.38 bits per heavy atom. The van der Waals surface area contributed by atoms with Crippen molar-refractivity contribution in [3.63, 3.8) is 0 Å². The van der Waals surface area contributed by atoms with Gasteiger partial charge in [0.05, 0.1) is 6.21 Å². The predicted octanol–water partition coefficient (Wildman–Crippen LogP) is 4.18. The van der Waals surface area contributed by atoms with E-state index in [-0.39, 0.29) is 30.4 Å². The summed E-state index contributed by atoms with van der Waals surface area (Å²) in [6.45, 7) is 0. The molecule has 0 radical (unpaired) electrons. The molecule has 0 saturated heterocycles. The zero-order valence-electron chi connectivity index (χ0n) is 13.7. The summed E-state index contributed by atoms with van der Waals surface area (Å²) in [5.74, 6) is -0.384. The van der Waals surface area contributed by atoms with E-state index in [4.69, 9.17) is 0 Å². The molecule has 0 spiro atoms. The van der Waals surface area contributed by atoms with Crippen molar-refractivity contribution >= 4 is 55.6 Å². The summed E-state index contributed by atoms with van der Waals surface area (Å²) >= 11 is 6.62. The van der Waals surface area contributed by atoms with Crippen molar-refractivity contribution in [3.8, 4) is 5.75 Å². The molecule has 3 N–H and O–H groups in total. The van der Waals surface area contributed by atoms with Crippen molar-refractivity contribution in [1.29, 1.82) is 0 Å². The van der Waals surface area contributed by atoms with Gasteiger partial charge in [-0.3, -0.25) is 9.59 Å². The number of halogens is 2. The number of hydrazone groups is 1. The van der Waals surface area contributed by atoms with Crippen LogP contribution in [0.15, 0.2) is 56.5 Å². The molecule has 6 nitrogen and oxygen atoms in total.